The molecule has 178 valence electrons. The van der Waals surface area contributed by atoms with Gasteiger partial charge < -0.3 is 24.6 Å². The number of nitrogens with zero attached hydrogens (tertiary/aromatic N) is 4. The molecule has 0 saturated carbocycles. The van der Waals surface area contributed by atoms with Gasteiger partial charge in [-0.25, -0.2) is 4.79 Å². The number of carbonyl (C=O) groups is 2. The number of hydrogen-bond donors (Lipinski definition) is 1. The predicted octanol–water partition coefficient (Wildman–Crippen LogP) is 3.58. The summed E-state index contributed by atoms with van der Waals surface area (Å²) in [5, 5.41) is 7.63. The number of amides is 3. The van der Waals surface area contributed by atoms with Crippen molar-refractivity contribution in [3.8, 4) is 11.5 Å². The second kappa shape index (κ2) is 9.86. The molecule has 0 bridgehead atoms. The van der Waals surface area contributed by atoms with Crippen molar-refractivity contribution in [1.29, 1.82) is 0 Å². The number of anilines is 2. The van der Waals surface area contributed by atoms with Crippen LogP contribution in [0.3, 0.4) is 0 Å². The molecule has 0 aliphatic carbocycles. The van der Waals surface area contributed by atoms with Crippen LogP contribution >= 0.6 is 0 Å². The number of ether oxygens (including phenoxy) is 2. The second-order valence-corrected chi connectivity index (χ2v) is 8.10. The number of fused-ring (bicyclic) bond motifs is 1. The van der Waals surface area contributed by atoms with E-state index >= 15 is 0 Å². The maximum Gasteiger partial charge on any atom is 0.322 e. The molecule has 0 radical (unpaired) electrons. The van der Waals surface area contributed by atoms with E-state index in [1.54, 1.807) is 49.1 Å². The first-order valence-electron chi connectivity index (χ1n) is 11.1. The van der Waals surface area contributed by atoms with Crippen LogP contribution < -0.4 is 19.7 Å². The number of benzene rings is 2. The molecule has 4 rings (SSSR count). The lowest BCUT2D eigenvalue weighted by Crippen LogP contribution is -2.39. The van der Waals surface area contributed by atoms with E-state index in [2.05, 4.69) is 5.32 Å². The first-order chi connectivity index (χ1) is 16.4. The van der Waals surface area contributed by atoms with Gasteiger partial charge in [0.05, 0.1) is 38.7 Å². The van der Waals surface area contributed by atoms with Gasteiger partial charge in [-0.05, 0) is 24.3 Å². The lowest BCUT2D eigenvalue weighted by atomic mass is 10.0. The minimum atomic E-state index is -0.238. The number of urea groups is 1. The average molecular weight is 464 g/mol. The summed E-state index contributed by atoms with van der Waals surface area (Å²) in [6, 6.07) is 14.5. The highest BCUT2D eigenvalue weighted by molar-refractivity contribution is 5.92. The molecular formula is C25H29N5O4. The summed E-state index contributed by atoms with van der Waals surface area (Å²) in [4.78, 5) is 29.0. The molecule has 1 N–H and O–H groups in total. The SMILES string of the molecule is COc1ccc(OC)c(NC(=O)N2CCc3c(c(CN(C(C)=O)c4ccccc4)nn3C)C2)c1. The van der Waals surface area contributed by atoms with E-state index in [0.29, 0.717) is 43.2 Å². The van der Waals surface area contributed by atoms with Gasteiger partial charge in [0.1, 0.15) is 11.5 Å². The van der Waals surface area contributed by atoms with E-state index < -0.39 is 0 Å². The van der Waals surface area contributed by atoms with Gasteiger partial charge in [-0.15, -0.1) is 0 Å². The lowest BCUT2D eigenvalue weighted by molar-refractivity contribution is -0.116. The Labute approximate surface area is 198 Å². The van der Waals surface area contributed by atoms with Crippen molar-refractivity contribution in [3.05, 3.63) is 65.5 Å². The van der Waals surface area contributed by atoms with Gasteiger partial charge in [-0.1, -0.05) is 18.2 Å². The van der Waals surface area contributed by atoms with E-state index in [1.165, 1.54) is 0 Å². The monoisotopic (exact) mass is 463 g/mol. The number of aryl methyl sites for hydroxylation is 1. The van der Waals surface area contributed by atoms with Crippen LogP contribution in [0.4, 0.5) is 16.2 Å². The highest BCUT2D eigenvalue weighted by Crippen LogP contribution is 2.30. The van der Waals surface area contributed by atoms with Crippen LogP contribution in [0, 0.1) is 0 Å². The van der Waals surface area contributed by atoms with Gasteiger partial charge in [0.2, 0.25) is 5.91 Å². The van der Waals surface area contributed by atoms with Crippen LogP contribution in [0.2, 0.25) is 0 Å². The molecular weight excluding hydrogens is 434 g/mol. The van der Waals surface area contributed by atoms with Crippen molar-refractivity contribution in [2.75, 3.05) is 31.0 Å². The minimum absolute atomic E-state index is 0.0684. The number of methoxy groups -OCH3 is 2. The maximum atomic E-state index is 13.1. The zero-order chi connectivity index (χ0) is 24.2. The molecule has 1 aromatic heterocycles. The van der Waals surface area contributed by atoms with Crippen LogP contribution in [-0.4, -0.2) is 47.4 Å². The van der Waals surface area contributed by atoms with Crippen LogP contribution in [0.15, 0.2) is 48.5 Å². The fourth-order valence-corrected chi connectivity index (χ4v) is 4.22. The van der Waals surface area contributed by atoms with Crippen LogP contribution in [0.5, 0.6) is 11.5 Å². The van der Waals surface area contributed by atoms with Crippen molar-refractivity contribution in [2.24, 2.45) is 7.05 Å². The third-order valence-electron chi connectivity index (χ3n) is 6.02. The molecule has 1 aliphatic heterocycles. The zero-order valence-corrected chi connectivity index (χ0v) is 19.9. The van der Waals surface area contributed by atoms with Crippen molar-refractivity contribution >= 4 is 23.3 Å². The fourth-order valence-electron chi connectivity index (χ4n) is 4.22. The Kier molecular flexibility index (Phi) is 6.72. The van der Waals surface area contributed by atoms with Crippen LogP contribution in [-0.2, 0) is 31.4 Å². The standard InChI is InChI=1S/C25H29N5O4/c1-17(31)30(18-8-6-5-7-9-18)16-22-20-15-29(13-12-23(20)28(2)27-22)25(32)26-21-14-19(33-3)10-11-24(21)34-4/h5-11,14H,12-13,15-16H2,1-4H3,(H,26,32). The summed E-state index contributed by atoms with van der Waals surface area (Å²) >= 11 is 0. The van der Waals surface area contributed by atoms with Gasteiger partial charge in [-0.2, -0.15) is 5.10 Å². The molecule has 0 saturated heterocycles. The number of rotatable bonds is 6. The van der Waals surface area contributed by atoms with Gasteiger partial charge in [0.15, 0.2) is 0 Å². The predicted molar refractivity (Wildman–Crippen MR) is 129 cm³/mol. The minimum Gasteiger partial charge on any atom is -0.497 e. The molecule has 0 fully saturated rings. The quantitative estimate of drug-likeness (QED) is 0.604. The summed E-state index contributed by atoms with van der Waals surface area (Å²) in [7, 11) is 5.03. The molecule has 34 heavy (non-hydrogen) atoms. The third-order valence-corrected chi connectivity index (χ3v) is 6.02. The molecule has 2 heterocycles. The molecule has 3 amide bonds. The Morgan fingerprint density at radius 3 is 2.56 bits per heavy atom. The summed E-state index contributed by atoms with van der Waals surface area (Å²) in [5.74, 6) is 1.10. The van der Waals surface area contributed by atoms with E-state index in [-0.39, 0.29) is 11.9 Å². The van der Waals surface area contributed by atoms with Crippen molar-refractivity contribution in [1.82, 2.24) is 14.7 Å². The highest BCUT2D eigenvalue weighted by atomic mass is 16.5. The van der Waals surface area contributed by atoms with Crippen molar-refractivity contribution < 1.29 is 19.1 Å². The first kappa shape index (κ1) is 23.2. The highest BCUT2D eigenvalue weighted by Gasteiger charge is 2.28. The maximum absolute atomic E-state index is 13.1. The molecule has 0 unspecified atom stereocenters. The summed E-state index contributed by atoms with van der Waals surface area (Å²) in [5.41, 5.74) is 4.19. The van der Waals surface area contributed by atoms with Gasteiger partial charge in [-0.3, -0.25) is 9.48 Å². The summed E-state index contributed by atoms with van der Waals surface area (Å²) in [6.45, 7) is 2.84. The molecule has 9 heteroatoms. The second-order valence-electron chi connectivity index (χ2n) is 8.10. The van der Waals surface area contributed by atoms with Crippen molar-refractivity contribution in [3.63, 3.8) is 0 Å². The summed E-state index contributed by atoms with van der Waals surface area (Å²) in [6.07, 6.45) is 0.674. The van der Waals surface area contributed by atoms with Gasteiger partial charge >= 0.3 is 6.03 Å². The largest absolute Gasteiger partial charge is 0.497 e. The molecule has 1 aliphatic rings. The number of nitrogens with one attached hydrogen (secondary N) is 1. The number of aromatic nitrogens is 2. The van der Waals surface area contributed by atoms with E-state index in [4.69, 9.17) is 14.6 Å². The summed E-state index contributed by atoms with van der Waals surface area (Å²) < 4.78 is 12.5. The number of para-hydroxylation sites is 1. The topological polar surface area (TPSA) is 88.9 Å². The van der Waals surface area contributed by atoms with E-state index in [9.17, 15) is 9.59 Å². The number of carbonyl (C=O) groups excluding carboxylic acids is 2. The van der Waals surface area contributed by atoms with Crippen molar-refractivity contribution in [2.45, 2.75) is 26.4 Å². The molecule has 0 atom stereocenters. The average Bonchev–Trinajstić information content (AvgIpc) is 3.17. The van der Waals surface area contributed by atoms with E-state index in [0.717, 1.165) is 22.6 Å². The smallest absolute Gasteiger partial charge is 0.322 e. The molecule has 3 aromatic rings. The molecule has 2 aromatic carbocycles. The van der Waals surface area contributed by atoms with Gasteiger partial charge in [0, 0.05) is 49.9 Å². The Hall–Kier alpha value is -4.01. The molecule has 9 nitrogen and oxygen atoms in total. The fraction of sp³-hybridized carbons (Fsp3) is 0.320. The van der Waals surface area contributed by atoms with Crippen LogP contribution in [0.1, 0.15) is 23.9 Å². The Morgan fingerprint density at radius 1 is 1.12 bits per heavy atom. The zero-order valence-electron chi connectivity index (χ0n) is 19.9. The lowest BCUT2D eigenvalue weighted by Gasteiger charge is -2.29. The van der Waals surface area contributed by atoms with Gasteiger partial charge in [0.25, 0.3) is 0 Å². The third kappa shape index (κ3) is 4.68. The molecule has 0 spiro atoms. The Bertz CT molecular complexity index is 1190. The Balaban J connectivity index is 1.55. The Morgan fingerprint density at radius 2 is 1.88 bits per heavy atom. The first-order valence-corrected chi connectivity index (χ1v) is 11.1. The number of hydrogen-bond acceptors (Lipinski definition) is 5. The van der Waals surface area contributed by atoms with E-state index in [1.807, 2.05) is 42.1 Å². The normalized spacial score (nSPS) is 12.6. The van der Waals surface area contributed by atoms with Crippen LogP contribution in [0.25, 0.3) is 0 Å².